The topological polar surface area (TPSA) is 45.0 Å². The monoisotopic (exact) mass is 294 g/mol. The van der Waals surface area contributed by atoms with E-state index in [1.807, 2.05) is 32.0 Å². The zero-order chi connectivity index (χ0) is 15.0. The molecular formula is C16H23ClN2O. The van der Waals surface area contributed by atoms with E-state index in [-0.39, 0.29) is 5.41 Å². The van der Waals surface area contributed by atoms with Gasteiger partial charge in [-0.05, 0) is 39.3 Å². The van der Waals surface area contributed by atoms with Gasteiger partial charge in [0, 0.05) is 12.1 Å². The highest BCUT2D eigenvalue weighted by atomic mass is 35.5. The van der Waals surface area contributed by atoms with Crippen LogP contribution >= 0.6 is 11.6 Å². The first-order valence-electron chi connectivity index (χ1n) is 7.02. The largest absolute Gasteiger partial charge is 0.492 e. The minimum Gasteiger partial charge on any atom is -0.492 e. The molecule has 1 aromatic carbocycles. The Kier molecular flexibility index (Phi) is 6.84. The SMILES string of the molecule is CCNCc1cccc(Cl)c1OCCCC(C)(C)C#N. The highest BCUT2D eigenvalue weighted by Crippen LogP contribution is 2.29. The predicted octanol–water partition coefficient (Wildman–Crippen LogP) is 4.16. The number of nitriles is 1. The van der Waals surface area contributed by atoms with Crippen molar-refractivity contribution >= 4 is 11.6 Å². The minimum atomic E-state index is -0.295. The fourth-order valence-corrected chi connectivity index (χ4v) is 2.11. The lowest BCUT2D eigenvalue weighted by molar-refractivity contribution is 0.281. The lowest BCUT2D eigenvalue weighted by atomic mass is 9.90. The lowest BCUT2D eigenvalue weighted by Crippen LogP contribution is -2.14. The lowest BCUT2D eigenvalue weighted by Gasteiger charge is -2.16. The van der Waals surface area contributed by atoms with Gasteiger partial charge < -0.3 is 10.1 Å². The summed E-state index contributed by atoms with van der Waals surface area (Å²) in [5.74, 6) is 0.755. The molecule has 1 N–H and O–H groups in total. The average molecular weight is 295 g/mol. The van der Waals surface area contributed by atoms with Crippen molar-refractivity contribution in [1.29, 1.82) is 5.26 Å². The first-order valence-corrected chi connectivity index (χ1v) is 7.40. The molecule has 0 bridgehead atoms. The van der Waals surface area contributed by atoms with Crippen molar-refractivity contribution in [2.45, 2.75) is 40.2 Å². The van der Waals surface area contributed by atoms with Gasteiger partial charge in [-0.25, -0.2) is 0 Å². The van der Waals surface area contributed by atoms with Crippen LogP contribution in [0.3, 0.4) is 0 Å². The second kappa shape index (κ2) is 8.14. The molecule has 0 aliphatic carbocycles. The van der Waals surface area contributed by atoms with E-state index in [1.54, 1.807) is 0 Å². The van der Waals surface area contributed by atoms with Crippen LogP contribution in [0.15, 0.2) is 18.2 Å². The first-order chi connectivity index (χ1) is 9.50. The van der Waals surface area contributed by atoms with E-state index in [2.05, 4.69) is 18.3 Å². The van der Waals surface area contributed by atoms with Crippen LogP contribution < -0.4 is 10.1 Å². The molecule has 0 aliphatic heterocycles. The molecule has 1 aromatic rings. The molecule has 0 atom stereocenters. The Labute approximate surface area is 126 Å². The van der Waals surface area contributed by atoms with Gasteiger partial charge in [-0.2, -0.15) is 5.26 Å². The van der Waals surface area contributed by atoms with Gasteiger partial charge in [0.2, 0.25) is 0 Å². The number of para-hydroxylation sites is 1. The maximum absolute atomic E-state index is 8.98. The van der Waals surface area contributed by atoms with Crippen molar-refractivity contribution in [3.05, 3.63) is 28.8 Å². The quantitative estimate of drug-likeness (QED) is 0.732. The van der Waals surface area contributed by atoms with E-state index in [0.717, 1.165) is 37.2 Å². The molecule has 0 unspecified atom stereocenters. The smallest absolute Gasteiger partial charge is 0.142 e. The Morgan fingerprint density at radius 3 is 2.80 bits per heavy atom. The van der Waals surface area contributed by atoms with Crippen molar-refractivity contribution < 1.29 is 4.74 Å². The van der Waals surface area contributed by atoms with Gasteiger partial charge in [-0.15, -0.1) is 0 Å². The van der Waals surface area contributed by atoms with Crippen LogP contribution in [0.4, 0.5) is 0 Å². The average Bonchev–Trinajstić information content (AvgIpc) is 2.43. The van der Waals surface area contributed by atoms with E-state index in [1.165, 1.54) is 0 Å². The Bertz CT molecular complexity index is 466. The zero-order valence-electron chi connectivity index (χ0n) is 12.5. The van der Waals surface area contributed by atoms with Crippen LogP contribution in [0.1, 0.15) is 39.2 Å². The third-order valence-electron chi connectivity index (χ3n) is 3.11. The Hall–Kier alpha value is -1.24. The van der Waals surface area contributed by atoms with E-state index < -0.39 is 0 Å². The maximum atomic E-state index is 8.98. The van der Waals surface area contributed by atoms with Crippen LogP contribution in [-0.4, -0.2) is 13.2 Å². The summed E-state index contributed by atoms with van der Waals surface area (Å²) in [6.07, 6.45) is 1.66. The molecule has 0 radical (unpaired) electrons. The molecule has 0 spiro atoms. The molecular weight excluding hydrogens is 272 g/mol. The number of hydrogen-bond donors (Lipinski definition) is 1. The van der Waals surface area contributed by atoms with E-state index >= 15 is 0 Å². The van der Waals surface area contributed by atoms with E-state index in [4.69, 9.17) is 21.6 Å². The molecule has 110 valence electrons. The fraction of sp³-hybridized carbons (Fsp3) is 0.562. The highest BCUT2D eigenvalue weighted by Gasteiger charge is 2.16. The Balaban J connectivity index is 2.57. The van der Waals surface area contributed by atoms with Gasteiger partial charge in [0.05, 0.1) is 23.1 Å². The molecule has 1 rings (SSSR count). The summed E-state index contributed by atoms with van der Waals surface area (Å²) in [6, 6.07) is 8.09. The Morgan fingerprint density at radius 1 is 1.40 bits per heavy atom. The number of ether oxygens (including phenoxy) is 1. The van der Waals surface area contributed by atoms with Gasteiger partial charge in [0.25, 0.3) is 0 Å². The molecule has 0 saturated heterocycles. The summed E-state index contributed by atoms with van der Waals surface area (Å²) in [6.45, 7) is 8.18. The van der Waals surface area contributed by atoms with Gasteiger partial charge in [0.15, 0.2) is 0 Å². The third-order valence-corrected chi connectivity index (χ3v) is 3.41. The third kappa shape index (κ3) is 5.40. The summed E-state index contributed by atoms with van der Waals surface area (Å²) in [4.78, 5) is 0. The molecule has 0 amide bonds. The molecule has 0 saturated carbocycles. The molecule has 0 heterocycles. The molecule has 0 fully saturated rings. The molecule has 0 aliphatic rings. The maximum Gasteiger partial charge on any atom is 0.142 e. The van der Waals surface area contributed by atoms with Crippen molar-refractivity contribution in [1.82, 2.24) is 5.32 Å². The number of benzene rings is 1. The summed E-state index contributed by atoms with van der Waals surface area (Å²) in [5.41, 5.74) is 0.773. The van der Waals surface area contributed by atoms with Crippen molar-refractivity contribution in [2.75, 3.05) is 13.2 Å². The van der Waals surface area contributed by atoms with E-state index in [0.29, 0.717) is 11.6 Å². The fourth-order valence-electron chi connectivity index (χ4n) is 1.86. The summed E-state index contributed by atoms with van der Waals surface area (Å²) >= 11 is 6.20. The Morgan fingerprint density at radius 2 is 2.15 bits per heavy atom. The second-order valence-electron chi connectivity index (χ2n) is 5.46. The van der Waals surface area contributed by atoms with Crippen molar-refractivity contribution in [3.63, 3.8) is 0 Å². The molecule has 20 heavy (non-hydrogen) atoms. The van der Waals surface area contributed by atoms with Gasteiger partial charge in [-0.3, -0.25) is 0 Å². The van der Waals surface area contributed by atoms with E-state index in [9.17, 15) is 0 Å². The normalized spacial score (nSPS) is 11.2. The number of nitrogens with one attached hydrogen (secondary N) is 1. The van der Waals surface area contributed by atoms with Crippen LogP contribution in [0, 0.1) is 16.7 Å². The van der Waals surface area contributed by atoms with Crippen LogP contribution in [0.25, 0.3) is 0 Å². The van der Waals surface area contributed by atoms with Crippen LogP contribution in [0.2, 0.25) is 5.02 Å². The standard InChI is InChI=1S/C16H23ClN2O/c1-4-19-11-13-7-5-8-14(17)15(13)20-10-6-9-16(2,3)12-18/h5,7-8,19H,4,6,9-11H2,1-3H3. The summed E-state index contributed by atoms with van der Waals surface area (Å²) in [7, 11) is 0. The second-order valence-corrected chi connectivity index (χ2v) is 5.86. The highest BCUT2D eigenvalue weighted by molar-refractivity contribution is 6.32. The first kappa shape index (κ1) is 16.8. The summed E-state index contributed by atoms with van der Waals surface area (Å²) in [5, 5.41) is 12.9. The molecule has 4 heteroatoms. The predicted molar refractivity (Wildman–Crippen MR) is 83.0 cm³/mol. The van der Waals surface area contributed by atoms with Crippen LogP contribution in [0.5, 0.6) is 5.75 Å². The van der Waals surface area contributed by atoms with Crippen LogP contribution in [-0.2, 0) is 6.54 Å². The van der Waals surface area contributed by atoms with Gasteiger partial charge >= 0.3 is 0 Å². The molecule has 3 nitrogen and oxygen atoms in total. The van der Waals surface area contributed by atoms with Gasteiger partial charge in [0.1, 0.15) is 5.75 Å². The van der Waals surface area contributed by atoms with Crippen molar-refractivity contribution in [2.24, 2.45) is 5.41 Å². The zero-order valence-corrected chi connectivity index (χ0v) is 13.3. The summed E-state index contributed by atoms with van der Waals surface area (Å²) < 4.78 is 5.82. The minimum absolute atomic E-state index is 0.295. The van der Waals surface area contributed by atoms with Gasteiger partial charge in [-0.1, -0.05) is 30.7 Å². The number of rotatable bonds is 8. The number of nitrogens with zero attached hydrogens (tertiary/aromatic N) is 1. The number of halogens is 1. The van der Waals surface area contributed by atoms with Crippen molar-refractivity contribution in [3.8, 4) is 11.8 Å². The number of hydrogen-bond acceptors (Lipinski definition) is 3. The molecule has 0 aromatic heterocycles.